The molecule has 5 heteroatoms. The zero-order chi connectivity index (χ0) is 19.2. The van der Waals surface area contributed by atoms with Crippen molar-refractivity contribution >= 4 is 12.1 Å². The molecule has 0 aromatic heterocycles. The first-order valence-corrected chi connectivity index (χ1v) is 8.79. The first kappa shape index (κ1) is 19.8. The molecule has 1 aromatic rings. The van der Waals surface area contributed by atoms with E-state index in [1.165, 1.54) is 17.6 Å². The summed E-state index contributed by atoms with van der Waals surface area (Å²) < 4.78 is 10.2. The summed E-state index contributed by atoms with van der Waals surface area (Å²) in [5, 5.41) is 0. The van der Waals surface area contributed by atoms with E-state index in [9.17, 15) is 9.59 Å². The van der Waals surface area contributed by atoms with Crippen LogP contribution in [0.15, 0.2) is 54.1 Å². The summed E-state index contributed by atoms with van der Waals surface area (Å²) in [6.45, 7) is 5.72. The minimum absolute atomic E-state index is 0.330. The molecule has 1 aromatic carbocycles. The third-order valence-electron chi connectivity index (χ3n) is 3.91. The Morgan fingerprint density at radius 1 is 1.23 bits per heavy atom. The van der Waals surface area contributed by atoms with Crippen LogP contribution in [0.2, 0.25) is 0 Å². The maximum atomic E-state index is 12.4. The second-order valence-electron chi connectivity index (χ2n) is 7.24. The van der Waals surface area contributed by atoms with E-state index < -0.39 is 23.7 Å². The Kier molecular flexibility index (Phi) is 6.61. The Morgan fingerprint density at radius 3 is 2.54 bits per heavy atom. The van der Waals surface area contributed by atoms with Gasteiger partial charge < -0.3 is 9.47 Å². The van der Waals surface area contributed by atoms with Crippen molar-refractivity contribution in [3.63, 3.8) is 0 Å². The van der Waals surface area contributed by atoms with Crippen molar-refractivity contribution in [2.45, 2.75) is 45.3 Å². The van der Waals surface area contributed by atoms with Gasteiger partial charge in [-0.1, -0.05) is 42.5 Å². The average Bonchev–Trinajstić information content (AvgIpc) is 3.02. The van der Waals surface area contributed by atoms with Crippen molar-refractivity contribution < 1.29 is 19.1 Å². The fraction of sp³-hybridized carbons (Fsp3) is 0.429. The molecule has 2 rings (SSSR count). The minimum atomic E-state index is -0.747. The highest BCUT2D eigenvalue weighted by atomic mass is 16.6. The highest BCUT2D eigenvalue weighted by Gasteiger charge is 2.36. The molecular formula is C21H27NO4. The van der Waals surface area contributed by atoms with E-state index in [0.717, 1.165) is 18.4 Å². The van der Waals surface area contributed by atoms with Crippen LogP contribution in [0.5, 0.6) is 0 Å². The number of benzene rings is 1. The number of carbonyl (C=O) groups excluding carboxylic acids is 2. The van der Waals surface area contributed by atoms with E-state index >= 15 is 0 Å². The highest BCUT2D eigenvalue weighted by Crippen LogP contribution is 2.22. The van der Waals surface area contributed by atoms with E-state index in [1.807, 2.05) is 24.3 Å². The number of hydrogen-bond donors (Lipinski definition) is 0. The lowest BCUT2D eigenvalue weighted by molar-refractivity contribution is -0.144. The van der Waals surface area contributed by atoms with Crippen LogP contribution < -0.4 is 0 Å². The lowest BCUT2D eigenvalue weighted by Gasteiger charge is -2.27. The highest BCUT2D eigenvalue weighted by molar-refractivity contribution is 5.85. The first-order valence-electron chi connectivity index (χ1n) is 8.79. The predicted molar refractivity (Wildman–Crippen MR) is 101 cm³/mol. The van der Waals surface area contributed by atoms with Crippen LogP contribution in [0.3, 0.4) is 0 Å². The average molecular weight is 357 g/mol. The zero-order valence-electron chi connectivity index (χ0n) is 15.9. The molecule has 0 bridgehead atoms. The van der Waals surface area contributed by atoms with Gasteiger partial charge in [0, 0.05) is 0 Å². The fourth-order valence-electron chi connectivity index (χ4n) is 2.69. The molecular weight excluding hydrogens is 330 g/mol. The molecule has 0 saturated carbocycles. The number of ether oxygens (including phenoxy) is 2. The number of carbonyl (C=O) groups is 2. The molecule has 5 nitrogen and oxygen atoms in total. The van der Waals surface area contributed by atoms with Gasteiger partial charge in [0.2, 0.25) is 0 Å². The summed E-state index contributed by atoms with van der Waals surface area (Å²) in [5.74, 6) is -0.469. The van der Waals surface area contributed by atoms with Crippen molar-refractivity contribution in [2.75, 3.05) is 13.7 Å². The molecule has 1 aliphatic heterocycles. The van der Waals surface area contributed by atoms with E-state index in [4.69, 9.17) is 9.47 Å². The summed E-state index contributed by atoms with van der Waals surface area (Å²) in [5.41, 5.74) is 1.56. The quantitative estimate of drug-likeness (QED) is 0.750. The second-order valence-corrected chi connectivity index (χ2v) is 7.24. The molecule has 0 N–H and O–H groups in total. The van der Waals surface area contributed by atoms with Crippen LogP contribution in [0.1, 0.15) is 32.8 Å². The summed E-state index contributed by atoms with van der Waals surface area (Å²) in [6, 6.07) is 9.50. The second kappa shape index (κ2) is 8.70. The minimum Gasteiger partial charge on any atom is -0.467 e. The molecule has 1 atom stereocenters. The Labute approximate surface area is 155 Å². The third-order valence-corrected chi connectivity index (χ3v) is 3.91. The Balaban J connectivity index is 1.99. The lowest BCUT2D eigenvalue weighted by atomic mass is 10.1. The van der Waals surface area contributed by atoms with Gasteiger partial charge in [0.15, 0.2) is 6.04 Å². The van der Waals surface area contributed by atoms with Crippen LogP contribution in [-0.4, -0.2) is 42.3 Å². The van der Waals surface area contributed by atoms with E-state index in [2.05, 4.69) is 18.2 Å². The molecule has 0 unspecified atom stereocenters. The van der Waals surface area contributed by atoms with Crippen LogP contribution >= 0.6 is 0 Å². The molecule has 0 saturated heterocycles. The van der Waals surface area contributed by atoms with Gasteiger partial charge in [-0.05, 0) is 50.8 Å². The van der Waals surface area contributed by atoms with E-state index in [1.54, 1.807) is 26.8 Å². The van der Waals surface area contributed by atoms with Gasteiger partial charge in [-0.3, -0.25) is 4.90 Å². The van der Waals surface area contributed by atoms with Gasteiger partial charge in [-0.15, -0.1) is 0 Å². The van der Waals surface area contributed by atoms with Crippen LogP contribution in [0.25, 0.3) is 0 Å². The summed E-state index contributed by atoms with van der Waals surface area (Å²) in [7, 11) is 1.32. The van der Waals surface area contributed by atoms with E-state index in [0.29, 0.717) is 6.54 Å². The fourth-order valence-corrected chi connectivity index (χ4v) is 2.69. The standard InChI is InChI=1S/C21H27NO4/c1-21(2,3)26-20(24)22-15-17(14-18(22)19(23)25-4)13-9-8-12-16-10-6-5-7-11-16/h5-7,9-11,13-14,18H,8,12,15H2,1-4H3/b13-9+/t18-/m0/s1. The number of amides is 1. The number of nitrogens with zero attached hydrogens (tertiary/aromatic N) is 1. The van der Waals surface area contributed by atoms with Crippen molar-refractivity contribution in [1.29, 1.82) is 0 Å². The van der Waals surface area contributed by atoms with Gasteiger partial charge in [-0.25, -0.2) is 9.59 Å². The molecule has 0 aliphatic carbocycles. The lowest BCUT2D eigenvalue weighted by Crippen LogP contribution is -2.44. The van der Waals surface area contributed by atoms with Crippen molar-refractivity contribution in [3.05, 3.63) is 59.7 Å². The van der Waals surface area contributed by atoms with Crippen molar-refractivity contribution in [2.24, 2.45) is 0 Å². The van der Waals surface area contributed by atoms with Crippen LogP contribution in [0.4, 0.5) is 4.79 Å². The van der Waals surface area contributed by atoms with Crippen LogP contribution in [-0.2, 0) is 20.7 Å². The molecule has 1 amide bonds. The van der Waals surface area contributed by atoms with Crippen LogP contribution in [0, 0.1) is 0 Å². The number of hydrogen-bond acceptors (Lipinski definition) is 4. The third kappa shape index (κ3) is 5.76. The van der Waals surface area contributed by atoms with Gasteiger partial charge in [0.25, 0.3) is 0 Å². The molecule has 140 valence electrons. The normalized spacial score (nSPS) is 17.3. The van der Waals surface area contributed by atoms with Gasteiger partial charge in [0.05, 0.1) is 13.7 Å². The first-order chi connectivity index (χ1) is 12.3. The largest absolute Gasteiger partial charge is 0.467 e. The van der Waals surface area contributed by atoms with Gasteiger partial charge in [0.1, 0.15) is 5.60 Å². The predicted octanol–water partition coefficient (Wildman–Crippen LogP) is 3.89. The Bertz CT molecular complexity index is 686. The molecule has 1 heterocycles. The zero-order valence-corrected chi connectivity index (χ0v) is 15.9. The molecule has 26 heavy (non-hydrogen) atoms. The topological polar surface area (TPSA) is 55.8 Å². The Hall–Kier alpha value is -2.56. The Morgan fingerprint density at radius 2 is 1.92 bits per heavy atom. The molecule has 1 aliphatic rings. The smallest absolute Gasteiger partial charge is 0.411 e. The SMILES string of the molecule is COC(=O)[C@@H]1C=C(/C=C/CCc2ccccc2)CN1C(=O)OC(C)(C)C. The van der Waals surface area contributed by atoms with Crippen molar-refractivity contribution in [1.82, 2.24) is 4.90 Å². The number of methoxy groups -OCH3 is 1. The molecule has 0 spiro atoms. The number of aryl methyl sites for hydroxylation is 1. The number of rotatable bonds is 5. The number of esters is 1. The molecule has 0 fully saturated rings. The monoisotopic (exact) mass is 357 g/mol. The summed E-state index contributed by atoms with van der Waals surface area (Å²) >= 11 is 0. The maximum Gasteiger partial charge on any atom is 0.411 e. The summed E-state index contributed by atoms with van der Waals surface area (Å²) in [4.78, 5) is 25.8. The maximum absolute atomic E-state index is 12.4. The van der Waals surface area contributed by atoms with Gasteiger partial charge >= 0.3 is 12.1 Å². The van der Waals surface area contributed by atoms with Gasteiger partial charge in [-0.2, -0.15) is 0 Å². The molecule has 0 radical (unpaired) electrons. The van der Waals surface area contributed by atoms with Crippen molar-refractivity contribution in [3.8, 4) is 0 Å². The van der Waals surface area contributed by atoms with E-state index in [-0.39, 0.29) is 0 Å². The number of allylic oxidation sites excluding steroid dienone is 1. The summed E-state index contributed by atoms with van der Waals surface area (Å²) in [6.07, 6.45) is 7.10.